The van der Waals surface area contributed by atoms with E-state index in [1.807, 2.05) is 0 Å². The second-order valence-corrected chi connectivity index (χ2v) is 8.06. The lowest BCUT2D eigenvalue weighted by molar-refractivity contribution is -0.174. The number of aromatic nitrogens is 2. The maximum atomic E-state index is 13.7. The standard InChI is InChI=1S/C18H20BrF3N4O2/c19-14-15(17(27)23-10-5-2-1-3-6-10)25-26-13(18(20,21)22)9-11(24-16(14)26)12-7-4-8-28-12/h4,7-8,10-11,13,24H,1-3,5-6,9H2,(H,23,27)/t11-,13+/m1/s1. The average Bonchev–Trinajstić information content (AvgIpc) is 3.30. The maximum absolute atomic E-state index is 13.7. The van der Waals surface area contributed by atoms with E-state index < -0.39 is 24.2 Å². The molecule has 2 atom stereocenters. The van der Waals surface area contributed by atoms with Gasteiger partial charge in [-0.15, -0.1) is 0 Å². The van der Waals surface area contributed by atoms with E-state index in [-0.39, 0.29) is 28.4 Å². The molecule has 2 aromatic heterocycles. The molecule has 0 spiro atoms. The molecular formula is C18H20BrF3N4O2. The summed E-state index contributed by atoms with van der Waals surface area (Å²) in [5, 5.41) is 9.96. The minimum Gasteiger partial charge on any atom is -0.467 e. The van der Waals surface area contributed by atoms with Gasteiger partial charge in [-0.2, -0.15) is 18.3 Å². The van der Waals surface area contributed by atoms with Crippen LogP contribution in [0.4, 0.5) is 19.0 Å². The summed E-state index contributed by atoms with van der Waals surface area (Å²) in [5.41, 5.74) is -0.0394. The number of amides is 1. The fraction of sp³-hybridized carbons (Fsp3) is 0.556. The highest BCUT2D eigenvalue weighted by Gasteiger charge is 2.48. The molecular weight excluding hydrogens is 441 g/mol. The highest BCUT2D eigenvalue weighted by atomic mass is 79.9. The van der Waals surface area contributed by atoms with Crippen LogP contribution in [0.2, 0.25) is 0 Å². The first-order chi connectivity index (χ1) is 13.3. The predicted molar refractivity (Wildman–Crippen MR) is 99.0 cm³/mol. The molecule has 0 saturated heterocycles. The number of alkyl halides is 3. The van der Waals surface area contributed by atoms with Gasteiger partial charge in [0.05, 0.1) is 16.8 Å². The molecule has 1 amide bonds. The predicted octanol–water partition coefficient (Wildman–Crippen LogP) is 4.96. The Kier molecular flexibility index (Phi) is 5.15. The van der Waals surface area contributed by atoms with Gasteiger partial charge in [0.1, 0.15) is 11.6 Å². The first-order valence-electron chi connectivity index (χ1n) is 9.30. The van der Waals surface area contributed by atoms with Crippen LogP contribution in [-0.2, 0) is 0 Å². The molecule has 0 bridgehead atoms. The lowest BCUT2D eigenvalue weighted by Crippen LogP contribution is -2.37. The van der Waals surface area contributed by atoms with Crippen LogP contribution in [0.5, 0.6) is 0 Å². The summed E-state index contributed by atoms with van der Waals surface area (Å²) in [5.74, 6) is 0.0727. The number of furan rings is 1. The van der Waals surface area contributed by atoms with Crippen LogP contribution >= 0.6 is 15.9 Å². The van der Waals surface area contributed by atoms with Gasteiger partial charge in [-0.25, -0.2) is 4.68 Å². The number of hydrogen-bond donors (Lipinski definition) is 2. The van der Waals surface area contributed by atoms with Crippen LogP contribution in [0.1, 0.15) is 66.9 Å². The third-order valence-electron chi connectivity index (χ3n) is 5.34. The second-order valence-electron chi connectivity index (χ2n) is 7.27. The Bertz CT molecular complexity index is 844. The van der Waals surface area contributed by atoms with Crippen molar-refractivity contribution in [1.82, 2.24) is 15.1 Å². The minimum absolute atomic E-state index is 0.0362. The highest BCUT2D eigenvalue weighted by Crippen LogP contribution is 2.46. The van der Waals surface area contributed by atoms with E-state index in [9.17, 15) is 18.0 Å². The first kappa shape index (κ1) is 19.4. The zero-order valence-corrected chi connectivity index (χ0v) is 16.5. The van der Waals surface area contributed by atoms with Crippen molar-refractivity contribution in [2.75, 3.05) is 5.32 Å². The van der Waals surface area contributed by atoms with Gasteiger partial charge < -0.3 is 15.1 Å². The number of fused-ring (bicyclic) bond motifs is 1. The lowest BCUT2D eigenvalue weighted by Gasteiger charge is -2.32. The number of carbonyl (C=O) groups excluding carboxylic acids is 1. The molecule has 1 aliphatic heterocycles. The molecule has 0 unspecified atom stereocenters. The molecule has 1 saturated carbocycles. The van der Waals surface area contributed by atoms with Crippen LogP contribution in [0.15, 0.2) is 27.3 Å². The molecule has 6 nitrogen and oxygen atoms in total. The summed E-state index contributed by atoms with van der Waals surface area (Å²) in [6, 6.07) is 0.766. The van der Waals surface area contributed by atoms with Crippen LogP contribution in [-0.4, -0.2) is 27.9 Å². The molecule has 3 heterocycles. The van der Waals surface area contributed by atoms with Crippen molar-refractivity contribution in [2.45, 2.75) is 62.8 Å². The largest absolute Gasteiger partial charge is 0.467 e. The van der Waals surface area contributed by atoms with E-state index in [4.69, 9.17) is 4.42 Å². The van der Waals surface area contributed by atoms with Crippen molar-refractivity contribution in [2.24, 2.45) is 0 Å². The van der Waals surface area contributed by atoms with E-state index in [0.717, 1.165) is 36.8 Å². The van der Waals surface area contributed by atoms with Crippen molar-refractivity contribution in [1.29, 1.82) is 0 Å². The van der Waals surface area contributed by atoms with Crippen LogP contribution in [0.25, 0.3) is 0 Å². The zero-order chi connectivity index (χ0) is 19.9. The van der Waals surface area contributed by atoms with Gasteiger partial charge in [-0.3, -0.25) is 4.79 Å². The molecule has 4 rings (SSSR count). The van der Waals surface area contributed by atoms with Crippen molar-refractivity contribution in [3.63, 3.8) is 0 Å². The van der Waals surface area contributed by atoms with E-state index in [2.05, 4.69) is 31.7 Å². The fourth-order valence-electron chi connectivity index (χ4n) is 3.91. The maximum Gasteiger partial charge on any atom is 0.410 e. The van der Waals surface area contributed by atoms with Crippen LogP contribution in [0.3, 0.4) is 0 Å². The zero-order valence-electron chi connectivity index (χ0n) is 14.9. The molecule has 2 aromatic rings. The van der Waals surface area contributed by atoms with E-state index in [1.165, 1.54) is 6.26 Å². The highest BCUT2D eigenvalue weighted by molar-refractivity contribution is 9.10. The summed E-state index contributed by atoms with van der Waals surface area (Å²) >= 11 is 3.28. The monoisotopic (exact) mass is 460 g/mol. The van der Waals surface area contributed by atoms with Gasteiger partial charge in [0.2, 0.25) is 0 Å². The second kappa shape index (κ2) is 7.46. The Morgan fingerprint density at radius 2 is 2.07 bits per heavy atom. The smallest absolute Gasteiger partial charge is 0.410 e. The normalized spacial score (nSPS) is 23.1. The van der Waals surface area contributed by atoms with E-state index >= 15 is 0 Å². The van der Waals surface area contributed by atoms with Gasteiger partial charge in [-0.1, -0.05) is 19.3 Å². The topological polar surface area (TPSA) is 72.1 Å². The first-order valence-corrected chi connectivity index (χ1v) is 10.1. The van der Waals surface area contributed by atoms with Crippen molar-refractivity contribution < 1.29 is 22.4 Å². The Morgan fingerprint density at radius 3 is 2.71 bits per heavy atom. The third-order valence-corrected chi connectivity index (χ3v) is 6.09. The van der Waals surface area contributed by atoms with E-state index in [0.29, 0.717) is 5.76 Å². The Hall–Kier alpha value is -1.97. The molecule has 0 radical (unpaired) electrons. The van der Waals surface area contributed by atoms with Gasteiger partial charge in [0, 0.05) is 12.5 Å². The number of nitrogens with zero attached hydrogens (tertiary/aromatic N) is 2. The third kappa shape index (κ3) is 3.66. The quantitative estimate of drug-likeness (QED) is 0.678. The van der Waals surface area contributed by atoms with Gasteiger partial charge >= 0.3 is 6.18 Å². The summed E-state index contributed by atoms with van der Waals surface area (Å²) in [7, 11) is 0. The molecule has 2 aliphatic rings. The summed E-state index contributed by atoms with van der Waals surface area (Å²) in [6.45, 7) is 0. The van der Waals surface area contributed by atoms with Gasteiger partial charge in [0.25, 0.3) is 5.91 Å². The Labute approximate surface area is 168 Å². The minimum atomic E-state index is -4.51. The van der Waals surface area contributed by atoms with Crippen LogP contribution < -0.4 is 10.6 Å². The number of anilines is 1. The molecule has 1 fully saturated rings. The Balaban J connectivity index is 1.65. The molecule has 0 aromatic carbocycles. The molecule has 152 valence electrons. The number of carbonyl (C=O) groups is 1. The fourth-order valence-corrected chi connectivity index (χ4v) is 4.47. The van der Waals surface area contributed by atoms with Crippen LogP contribution in [0, 0.1) is 0 Å². The van der Waals surface area contributed by atoms with Gasteiger partial charge in [-0.05, 0) is 40.9 Å². The lowest BCUT2D eigenvalue weighted by atomic mass is 9.95. The number of halogens is 4. The summed E-state index contributed by atoms with van der Waals surface area (Å²) in [4.78, 5) is 12.7. The number of nitrogens with one attached hydrogen (secondary N) is 2. The van der Waals surface area contributed by atoms with Crippen molar-refractivity contribution in [3.05, 3.63) is 34.3 Å². The molecule has 10 heteroatoms. The summed E-state index contributed by atoms with van der Waals surface area (Å²) < 4.78 is 47.5. The summed E-state index contributed by atoms with van der Waals surface area (Å²) in [6.07, 6.45) is 1.60. The number of rotatable bonds is 3. The molecule has 28 heavy (non-hydrogen) atoms. The Morgan fingerprint density at radius 1 is 1.32 bits per heavy atom. The van der Waals surface area contributed by atoms with Gasteiger partial charge in [0.15, 0.2) is 11.7 Å². The molecule has 2 N–H and O–H groups in total. The average molecular weight is 461 g/mol. The van der Waals surface area contributed by atoms with Crippen molar-refractivity contribution >= 4 is 27.7 Å². The van der Waals surface area contributed by atoms with Crippen molar-refractivity contribution in [3.8, 4) is 0 Å². The number of hydrogen-bond acceptors (Lipinski definition) is 4. The SMILES string of the molecule is O=C(NC1CCCCC1)c1nn2c(c1Br)N[C@@H](c1ccco1)C[C@H]2C(F)(F)F. The molecule has 1 aliphatic carbocycles. The van der Waals surface area contributed by atoms with E-state index in [1.54, 1.807) is 12.1 Å².